The number of ether oxygens (including phenoxy) is 5. The van der Waals surface area contributed by atoms with E-state index < -0.39 is 66.1 Å². The van der Waals surface area contributed by atoms with Crippen LogP contribution in [0, 0.1) is 29.6 Å². The lowest BCUT2D eigenvalue weighted by Crippen LogP contribution is -2.57. The van der Waals surface area contributed by atoms with E-state index in [9.17, 15) is 19.5 Å². The van der Waals surface area contributed by atoms with Crippen molar-refractivity contribution in [3.8, 4) is 0 Å². The van der Waals surface area contributed by atoms with E-state index in [4.69, 9.17) is 23.7 Å². The molecule has 4 bridgehead atoms. The number of aliphatic hydroxyl groups excluding tert-OH is 1. The average molecular weight is 619 g/mol. The van der Waals surface area contributed by atoms with Crippen LogP contribution in [0.4, 0.5) is 0 Å². The molecule has 2 aliphatic heterocycles. The fourth-order valence-corrected chi connectivity index (χ4v) is 8.16. The van der Waals surface area contributed by atoms with Crippen LogP contribution in [0.2, 0.25) is 0 Å². The normalized spacial score (nSPS) is 40.4. The molecule has 0 unspecified atom stereocenters. The zero-order valence-corrected chi connectivity index (χ0v) is 26.3. The Hall–Kier alpha value is -3.53. The first kappa shape index (κ1) is 31.5. The molecule has 240 valence electrons. The van der Waals surface area contributed by atoms with Gasteiger partial charge in [0.15, 0.2) is 6.10 Å². The second-order valence-electron chi connectivity index (χ2n) is 13.1. The van der Waals surface area contributed by atoms with Gasteiger partial charge in [-0.1, -0.05) is 68.5 Å². The number of carbonyl (C=O) groups excluding carboxylic acids is 3. The Bertz CT molecular complexity index is 1440. The van der Waals surface area contributed by atoms with Gasteiger partial charge in [-0.3, -0.25) is 0 Å². The molecule has 5 aliphatic rings. The molecule has 1 aromatic rings. The van der Waals surface area contributed by atoms with Crippen LogP contribution >= 0.6 is 0 Å². The summed E-state index contributed by atoms with van der Waals surface area (Å²) in [6, 6.07) is 8.67. The Kier molecular flexibility index (Phi) is 8.63. The average Bonchev–Trinajstić information content (AvgIpc) is 3.64. The van der Waals surface area contributed by atoms with Crippen LogP contribution in [0.5, 0.6) is 0 Å². The van der Waals surface area contributed by atoms with E-state index in [1.807, 2.05) is 51.1 Å². The van der Waals surface area contributed by atoms with E-state index >= 15 is 0 Å². The lowest BCUT2D eigenvalue weighted by atomic mass is 9.57. The fraction of sp³-hybridized carbons (Fsp3) is 0.528. The molecule has 9 nitrogen and oxygen atoms in total. The first-order valence-corrected chi connectivity index (χ1v) is 15.9. The van der Waals surface area contributed by atoms with Crippen molar-refractivity contribution < 1.29 is 43.2 Å². The number of carbonyl (C=O) groups is 3. The van der Waals surface area contributed by atoms with Gasteiger partial charge >= 0.3 is 17.9 Å². The summed E-state index contributed by atoms with van der Waals surface area (Å²) in [5.41, 5.74) is 0.869. The third kappa shape index (κ3) is 5.38. The van der Waals surface area contributed by atoms with Gasteiger partial charge < -0.3 is 28.8 Å². The maximum atomic E-state index is 13.6. The number of allylic oxidation sites excluding steroid dienone is 3. The molecule has 1 saturated heterocycles. The summed E-state index contributed by atoms with van der Waals surface area (Å²) in [5.74, 6) is -3.10. The van der Waals surface area contributed by atoms with Crippen LogP contribution in [0.1, 0.15) is 50.9 Å². The maximum absolute atomic E-state index is 13.6. The molecule has 0 radical (unpaired) electrons. The number of esters is 3. The minimum Gasteiger partial charge on any atom is -0.456 e. The standard InChI is InChI=1S/C36H42O9/c1-19-17-20(2)36-25(18-27(41-5)35(40)43-30(19)22(4)42-33(38)23-11-7-6-8-12-23)15-16-26-28(36)29(37)21(3)31(32(26)45-36)44-34(39)24-13-9-10-14-24/h6-13,15-17,19,21-22,25-32,37H,14,18H2,1-5H3/b20-17+/t19-,21-,22-,25-,26-,27+,28+,29-,30+,31-,32-,36+/m1/s1. The zero-order chi connectivity index (χ0) is 32.0. The van der Waals surface area contributed by atoms with Crippen molar-refractivity contribution in [3.63, 3.8) is 0 Å². The molecule has 0 amide bonds. The number of cyclic esters (lactones) is 1. The van der Waals surface area contributed by atoms with Crippen molar-refractivity contribution in [1.82, 2.24) is 0 Å². The number of methoxy groups -OCH3 is 1. The molecule has 1 saturated carbocycles. The van der Waals surface area contributed by atoms with Gasteiger partial charge in [0.05, 0.1) is 11.7 Å². The molecule has 45 heavy (non-hydrogen) atoms. The van der Waals surface area contributed by atoms with Crippen LogP contribution in [0.15, 0.2) is 77.9 Å². The summed E-state index contributed by atoms with van der Waals surface area (Å²) in [7, 11) is 1.46. The van der Waals surface area contributed by atoms with Crippen LogP contribution in [0.25, 0.3) is 0 Å². The molecule has 0 aromatic heterocycles. The van der Waals surface area contributed by atoms with E-state index in [0.717, 1.165) is 5.57 Å². The summed E-state index contributed by atoms with van der Waals surface area (Å²) >= 11 is 0. The Morgan fingerprint density at radius 3 is 2.56 bits per heavy atom. The topological polar surface area (TPSA) is 118 Å². The van der Waals surface area contributed by atoms with Gasteiger partial charge in [-0.05, 0) is 44.4 Å². The Labute approximate surface area is 263 Å². The van der Waals surface area contributed by atoms with Crippen molar-refractivity contribution in [2.75, 3.05) is 7.11 Å². The van der Waals surface area contributed by atoms with Gasteiger partial charge in [-0.25, -0.2) is 14.4 Å². The van der Waals surface area contributed by atoms with E-state index in [2.05, 4.69) is 6.08 Å². The predicted molar refractivity (Wildman–Crippen MR) is 164 cm³/mol. The SMILES string of the molecule is CO[C@H]1C[C@H]2C=C[C@H]3[C@H]4O[C@]2(/C(C)=C/[C@@H](C)[C@@H]([C@@H](C)OC(=O)c2ccccc2)OC1=O)[C@@H]3[C@H](O)[C@@H](C)[C@H]4OC(=O)C1=CC=CC1. The fourth-order valence-electron chi connectivity index (χ4n) is 8.16. The highest BCUT2D eigenvalue weighted by Gasteiger charge is 2.69. The molecular formula is C36H42O9. The molecular weight excluding hydrogens is 576 g/mol. The van der Waals surface area contributed by atoms with Crippen LogP contribution < -0.4 is 0 Å². The van der Waals surface area contributed by atoms with Crippen LogP contribution in [0.3, 0.4) is 0 Å². The maximum Gasteiger partial charge on any atom is 0.338 e. The first-order valence-electron chi connectivity index (χ1n) is 15.9. The smallest absolute Gasteiger partial charge is 0.338 e. The first-order chi connectivity index (χ1) is 21.6. The third-order valence-corrected chi connectivity index (χ3v) is 10.4. The van der Waals surface area contributed by atoms with Gasteiger partial charge in [0, 0.05) is 42.3 Å². The highest BCUT2D eigenvalue weighted by Crippen LogP contribution is 2.61. The minimum absolute atomic E-state index is 0.197. The van der Waals surface area contributed by atoms with E-state index in [1.165, 1.54) is 7.11 Å². The van der Waals surface area contributed by atoms with Crippen molar-refractivity contribution >= 4 is 17.9 Å². The lowest BCUT2D eigenvalue weighted by Gasteiger charge is -2.49. The highest BCUT2D eigenvalue weighted by molar-refractivity contribution is 5.90. The summed E-state index contributed by atoms with van der Waals surface area (Å²) in [5, 5.41) is 11.9. The molecule has 1 N–H and O–H groups in total. The van der Waals surface area contributed by atoms with E-state index in [-0.39, 0.29) is 30.1 Å². The zero-order valence-electron chi connectivity index (χ0n) is 26.3. The summed E-state index contributed by atoms with van der Waals surface area (Å²) < 4.78 is 30.6. The van der Waals surface area contributed by atoms with Crippen molar-refractivity contribution in [3.05, 3.63) is 83.5 Å². The molecule has 12 atom stereocenters. The largest absolute Gasteiger partial charge is 0.456 e. The van der Waals surface area contributed by atoms with Gasteiger partial charge in [-0.2, -0.15) is 0 Å². The second-order valence-corrected chi connectivity index (χ2v) is 13.1. The molecule has 1 aromatic carbocycles. The summed E-state index contributed by atoms with van der Waals surface area (Å²) in [6.07, 6.45) is 7.86. The summed E-state index contributed by atoms with van der Waals surface area (Å²) in [4.78, 5) is 39.6. The number of aliphatic hydroxyl groups is 1. The predicted octanol–water partition coefficient (Wildman–Crippen LogP) is 4.51. The quantitative estimate of drug-likeness (QED) is 0.279. The van der Waals surface area contributed by atoms with Gasteiger partial charge in [0.25, 0.3) is 0 Å². The minimum atomic E-state index is -0.982. The molecule has 6 rings (SSSR count). The van der Waals surface area contributed by atoms with E-state index in [1.54, 1.807) is 37.3 Å². The molecule has 3 aliphatic carbocycles. The van der Waals surface area contributed by atoms with Gasteiger partial charge in [0.2, 0.25) is 0 Å². The highest BCUT2D eigenvalue weighted by atomic mass is 16.6. The van der Waals surface area contributed by atoms with Gasteiger partial charge in [0.1, 0.15) is 30.0 Å². The van der Waals surface area contributed by atoms with Gasteiger partial charge in [-0.15, -0.1) is 0 Å². The number of hydrogen-bond donors (Lipinski definition) is 1. The Morgan fingerprint density at radius 2 is 1.87 bits per heavy atom. The third-order valence-electron chi connectivity index (χ3n) is 10.4. The Balaban J connectivity index is 1.34. The second kappa shape index (κ2) is 12.3. The monoisotopic (exact) mass is 618 g/mol. The van der Waals surface area contributed by atoms with E-state index in [0.29, 0.717) is 17.6 Å². The molecule has 9 heteroatoms. The number of rotatable bonds is 6. The van der Waals surface area contributed by atoms with Crippen molar-refractivity contribution in [2.24, 2.45) is 29.6 Å². The number of hydrogen-bond acceptors (Lipinski definition) is 9. The summed E-state index contributed by atoms with van der Waals surface area (Å²) in [6.45, 7) is 7.51. The van der Waals surface area contributed by atoms with Crippen molar-refractivity contribution in [2.45, 2.75) is 82.8 Å². The van der Waals surface area contributed by atoms with Crippen molar-refractivity contribution in [1.29, 1.82) is 0 Å². The Morgan fingerprint density at radius 1 is 1.11 bits per heavy atom. The molecule has 2 heterocycles. The van der Waals surface area contributed by atoms with Crippen LogP contribution in [-0.2, 0) is 33.3 Å². The lowest BCUT2D eigenvalue weighted by molar-refractivity contribution is -0.173. The molecule has 1 spiro atoms. The van der Waals surface area contributed by atoms with Crippen LogP contribution in [-0.4, -0.2) is 72.3 Å². The molecule has 2 fully saturated rings. The number of benzene rings is 1.